The number of nitrogens with one attached hydrogen (secondary N) is 2. The van der Waals surface area contributed by atoms with E-state index in [0.29, 0.717) is 13.2 Å². The van der Waals surface area contributed by atoms with E-state index in [0.717, 1.165) is 45.8 Å². The van der Waals surface area contributed by atoms with E-state index in [1.54, 1.807) is 11.3 Å². The number of hydrogen-bond donors (Lipinski definition) is 2. The Balaban J connectivity index is 1.45. The van der Waals surface area contributed by atoms with Crippen LogP contribution in [0, 0.1) is 0 Å². The number of anilines is 3. The lowest BCUT2D eigenvalue weighted by molar-refractivity contribution is 0.0901. The normalized spacial score (nSPS) is 17.2. The molecule has 0 saturated heterocycles. The predicted octanol–water partition coefficient (Wildman–Crippen LogP) is 4.41. The maximum atomic E-state index is 12.5. The number of benzene rings is 1. The molecule has 4 heterocycles. The van der Waals surface area contributed by atoms with Gasteiger partial charge in [-0.05, 0) is 43.5 Å². The number of ether oxygens (including phenoxy) is 1. The lowest BCUT2D eigenvalue weighted by Crippen LogP contribution is -2.48. The van der Waals surface area contributed by atoms with Gasteiger partial charge in [-0.1, -0.05) is 17.4 Å². The van der Waals surface area contributed by atoms with E-state index in [2.05, 4.69) is 39.1 Å². The molecule has 2 aromatic heterocycles. The van der Waals surface area contributed by atoms with Gasteiger partial charge >= 0.3 is 0 Å². The summed E-state index contributed by atoms with van der Waals surface area (Å²) >= 11 is 3.20. The van der Waals surface area contributed by atoms with Crippen LogP contribution in [-0.4, -0.2) is 29.6 Å². The zero-order chi connectivity index (χ0) is 20.0. The molecular weight excluding hydrogens is 404 g/mol. The summed E-state index contributed by atoms with van der Waals surface area (Å²) in [7, 11) is 0. The van der Waals surface area contributed by atoms with Crippen molar-refractivity contribution in [3.05, 3.63) is 51.2 Å². The van der Waals surface area contributed by atoms with Gasteiger partial charge in [-0.2, -0.15) is 0 Å². The van der Waals surface area contributed by atoms with Gasteiger partial charge in [0.2, 0.25) is 0 Å². The van der Waals surface area contributed by atoms with Gasteiger partial charge < -0.3 is 20.3 Å². The van der Waals surface area contributed by atoms with Crippen molar-refractivity contribution in [2.45, 2.75) is 32.4 Å². The van der Waals surface area contributed by atoms with Gasteiger partial charge in [-0.3, -0.25) is 4.79 Å². The van der Waals surface area contributed by atoms with Crippen LogP contribution < -0.4 is 20.3 Å². The summed E-state index contributed by atoms with van der Waals surface area (Å²) in [4.78, 5) is 21.5. The highest BCUT2D eigenvalue weighted by Crippen LogP contribution is 2.41. The van der Waals surface area contributed by atoms with E-state index < -0.39 is 0 Å². The molecule has 0 saturated carbocycles. The number of thiazole rings is 1. The van der Waals surface area contributed by atoms with Crippen molar-refractivity contribution in [1.29, 1.82) is 0 Å². The number of thiophene rings is 1. The van der Waals surface area contributed by atoms with Crippen molar-refractivity contribution < 1.29 is 9.53 Å². The minimum atomic E-state index is -0.267. The summed E-state index contributed by atoms with van der Waals surface area (Å²) in [5, 5.41) is 9.48. The van der Waals surface area contributed by atoms with E-state index in [9.17, 15) is 4.79 Å². The second-order valence-corrected chi connectivity index (χ2v) is 9.91. The molecule has 5 rings (SSSR count). The smallest absolute Gasteiger partial charge is 0.263 e. The van der Waals surface area contributed by atoms with Crippen molar-refractivity contribution in [3.63, 3.8) is 0 Å². The SMILES string of the molecule is CC1(C)Cc2nc(N3CCOc4ccc(NCc5cccs5)cc43)sc2C(=O)N1. The molecule has 0 aliphatic carbocycles. The maximum Gasteiger partial charge on any atom is 0.263 e. The minimum absolute atomic E-state index is 0.0279. The fraction of sp³-hybridized carbons (Fsp3) is 0.333. The van der Waals surface area contributed by atoms with Gasteiger partial charge in [0.25, 0.3) is 5.91 Å². The fourth-order valence-corrected chi connectivity index (χ4v) is 5.37. The second kappa shape index (κ2) is 7.03. The lowest BCUT2D eigenvalue weighted by atomic mass is 9.94. The Morgan fingerprint density at radius 3 is 3.07 bits per heavy atom. The monoisotopic (exact) mass is 426 g/mol. The Hall–Kier alpha value is -2.58. The highest BCUT2D eigenvalue weighted by atomic mass is 32.1. The lowest BCUT2D eigenvalue weighted by Gasteiger charge is -2.30. The Bertz CT molecular complexity index is 1060. The molecule has 0 fully saturated rings. The third-order valence-electron chi connectivity index (χ3n) is 5.05. The van der Waals surface area contributed by atoms with E-state index in [-0.39, 0.29) is 11.4 Å². The number of carbonyl (C=O) groups excluding carboxylic acids is 1. The molecule has 1 aromatic carbocycles. The second-order valence-electron chi connectivity index (χ2n) is 7.90. The predicted molar refractivity (Wildman–Crippen MR) is 118 cm³/mol. The van der Waals surface area contributed by atoms with Crippen LogP contribution in [0.3, 0.4) is 0 Å². The molecule has 29 heavy (non-hydrogen) atoms. The molecule has 0 unspecified atom stereocenters. The topological polar surface area (TPSA) is 66.5 Å². The van der Waals surface area contributed by atoms with Crippen molar-refractivity contribution in [1.82, 2.24) is 10.3 Å². The highest BCUT2D eigenvalue weighted by molar-refractivity contribution is 7.17. The van der Waals surface area contributed by atoms with Gasteiger partial charge in [-0.15, -0.1) is 11.3 Å². The third-order valence-corrected chi connectivity index (χ3v) is 7.05. The summed E-state index contributed by atoms with van der Waals surface area (Å²) in [5.74, 6) is 0.815. The average Bonchev–Trinajstić information content (AvgIpc) is 3.34. The molecule has 150 valence electrons. The van der Waals surface area contributed by atoms with E-state index in [1.165, 1.54) is 16.2 Å². The quantitative estimate of drug-likeness (QED) is 0.647. The standard InChI is InChI=1S/C21H22N4O2S2/c1-21(2)11-15-18(19(26)24-21)29-20(23-15)25-7-8-27-17-6-5-13(10-16(17)25)22-12-14-4-3-9-28-14/h3-6,9-10,22H,7-8,11-12H2,1-2H3,(H,24,26). The van der Waals surface area contributed by atoms with Gasteiger partial charge in [0, 0.05) is 29.1 Å². The first kappa shape index (κ1) is 18.4. The van der Waals surface area contributed by atoms with Gasteiger partial charge in [-0.25, -0.2) is 4.98 Å². The molecule has 0 atom stereocenters. The summed E-state index contributed by atoms with van der Waals surface area (Å²) in [5.41, 5.74) is 2.64. The first-order valence-electron chi connectivity index (χ1n) is 9.61. The number of amides is 1. The third kappa shape index (κ3) is 3.58. The van der Waals surface area contributed by atoms with Gasteiger partial charge in [0.05, 0.1) is 17.9 Å². The van der Waals surface area contributed by atoms with Crippen LogP contribution in [0.25, 0.3) is 0 Å². The van der Waals surface area contributed by atoms with Crippen LogP contribution in [0.15, 0.2) is 35.7 Å². The largest absolute Gasteiger partial charge is 0.490 e. The van der Waals surface area contributed by atoms with Crippen LogP contribution in [0.2, 0.25) is 0 Å². The first-order chi connectivity index (χ1) is 14.0. The molecular formula is C21H22N4O2S2. The van der Waals surface area contributed by atoms with Crippen molar-refractivity contribution in [2.24, 2.45) is 0 Å². The molecule has 1 amide bonds. The number of nitrogens with zero attached hydrogens (tertiary/aromatic N) is 2. The Morgan fingerprint density at radius 2 is 2.24 bits per heavy atom. The van der Waals surface area contributed by atoms with Crippen LogP contribution in [0.5, 0.6) is 5.75 Å². The number of fused-ring (bicyclic) bond motifs is 2. The average molecular weight is 427 g/mol. The summed E-state index contributed by atoms with van der Waals surface area (Å²) in [6, 6.07) is 10.3. The molecule has 3 aromatic rings. The van der Waals surface area contributed by atoms with Crippen molar-refractivity contribution in [2.75, 3.05) is 23.4 Å². The van der Waals surface area contributed by atoms with Crippen LogP contribution in [0.4, 0.5) is 16.5 Å². The summed E-state index contributed by atoms with van der Waals surface area (Å²) in [6.07, 6.45) is 0.740. The Labute approximate surface area is 177 Å². The molecule has 8 heteroatoms. The van der Waals surface area contributed by atoms with E-state index in [4.69, 9.17) is 9.72 Å². The van der Waals surface area contributed by atoms with Crippen molar-refractivity contribution in [3.8, 4) is 5.75 Å². The first-order valence-corrected chi connectivity index (χ1v) is 11.3. The number of rotatable bonds is 4. The summed E-state index contributed by atoms with van der Waals surface area (Å²) in [6.45, 7) is 6.15. The molecule has 2 aliphatic heterocycles. The minimum Gasteiger partial charge on any atom is -0.490 e. The molecule has 0 radical (unpaired) electrons. The Kier molecular flexibility index (Phi) is 4.48. The van der Waals surface area contributed by atoms with E-state index in [1.807, 2.05) is 26.0 Å². The zero-order valence-electron chi connectivity index (χ0n) is 16.3. The van der Waals surface area contributed by atoms with Crippen LogP contribution >= 0.6 is 22.7 Å². The highest BCUT2D eigenvalue weighted by Gasteiger charge is 2.34. The zero-order valence-corrected chi connectivity index (χ0v) is 18.0. The van der Waals surface area contributed by atoms with Gasteiger partial charge in [0.1, 0.15) is 17.2 Å². The molecule has 0 spiro atoms. The van der Waals surface area contributed by atoms with E-state index >= 15 is 0 Å². The molecule has 6 nitrogen and oxygen atoms in total. The van der Waals surface area contributed by atoms with Gasteiger partial charge in [0.15, 0.2) is 5.13 Å². The van der Waals surface area contributed by atoms with Crippen LogP contribution in [-0.2, 0) is 13.0 Å². The van der Waals surface area contributed by atoms with Crippen LogP contribution in [0.1, 0.15) is 34.1 Å². The van der Waals surface area contributed by atoms with Crippen molar-refractivity contribution >= 4 is 45.1 Å². The number of carbonyl (C=O) groups is 1. The number of hydrogen-bond acceptors (Lipinski definition) is 7. The fourth-order valence-electron chi connectivity index (χ4n) is 3.71. The maximum absolute atomic E-state index is 12.5. The molecule has 2 N–H and O–H groups in total. The number of aromatic nitrogens is 1. The Morgan fingerprint density at radius 1 is 1.34 bits per heavy atom. The molecule has 0 bridgehead atoms. The summed E-state index contributed by atoms with van der Waals surface area (Å²) < 4.78 is 5.87. The molecule has 2 aliphatic rings.